The largest absolute Gasteiger partial charge is 0.462 e. The number of thiophene rings is 1. The molecule has 12 heteroatoms. The Kier molecular flexibility index (Phi) is 9.40. The Balaban J connectivity index is 1.50. The Morgan fingerprint density at radius 1 is 1.29 bits per heavy atom. The number of carbonyl (C=O) groups is 3. The first kappa shape index (κ1) is 28.1. The lowest BCUT2D eigenvalue weighted by atomic mass is 9.95. The van der Waals surface area contributed by atoms with Crippen molar-refractivity contribution in [3.05, 3.63) is 39.2 Å². The molecule has 2 aromatic rings. The molecular formula is C26H33N5O5S2. The minimum Gasteiger partial charge on any atom is -0.462 e. The van der Waals surface area contributed by atoms with Crippen LogP contribution in [0.1, 0.15) is 58.2 Å². The molecule has 10 nitrogen and oxygen atoms in total. The quantitative estimate of drug-likeness (QED) is 0.268. The topological polar surface area (TPSA) is 115 Å². The van der Waals surface area contributed by atoms with E-state index in [1.54, 1.807) is 29.7 Å². The maximum atomic E-state index is 13.2. The zero-order valence-electron chi connectivity index (χ0n) is 22.2. The van der Waals surface area contributed by atoms with Crippen LogP contribution >= 0.6 is 23.1 Å². The third-order valence-corrected chi connectivity index (χ3v) is 8.40. The number of nitrogens with zero attached hydrogens (tertiary/aromatic N) is 4. The lowest BCUT2D eigenvalue weighted by molar-refractivity contribution is -0.122. The van der Waals surface area contributed by atoms with Crippen LogP contribution in [0.4, 0.5) is 5.00 Å². The molecule has 0 radical (unpaired) electrons. The fourth-order valence-electron chi connectivity index (χ4n) is 4.48. The fourth-order valence-corrected chi connectivity index (χ4v) is 6.60. The van der Waals surface area contributed by atoms with Crippen LogP contribution in [0.5, 0.6) is 0 Å². The standard InChI is InChI=1S/C26H33N5O5S2/c1-5-36-25(34)22-18-9-6-7-10-20(18)38-23(22)28-21(32)15-37-26-27-19(13-17-14-30(3)29-16(17)2)24(33)31(26)11-8-12-35-4/h13-14H,5-12,15H2,1-4H3,(H,28,32)/b19-13+. The number of aliphatic imine (C=N–C) groups is 1. The lowest BCUT2D eigenvalue weighted by Gasteiger charge is -2.17. The molecule has 38 heavy (non-hydrogen) atoms. The van der Waals surface area contributed by atoms with Crippen LogP contribution in [0.15, 0.2) is 16.9 Å². The molecule has 0 spiro atoms. The maximum absolute atomic E-state index is 13.2. The molecule has 0 unspecified atom stereocenters. The van der Waals surface area contributed by atoms with E-state index < -0.39 is 5.97 Å². The van der Waals surface area contributed by atoms with Crippen molar-refractivity contribution in [3.63, 3.8) is 0 Å². The minimum absolute atomic E-state index is 0.0386. The van der Waals surface area contributed by atoms with Crippen molar-refractivity contribution in [2.75, 3.05) is 37.9 Å². The van der Waals surface area contributed by atoms with E-state index in [1.807, 2.05) is 20.2 Å². The number of rotatable bonds is 10. The van der Waals surface area contributed by atoms with Crippen LogP contribution in [0.25, 0.3) is 6.08 Å². The van der Waals surface area contributed by atoms with Crippen molar-refractivity contribution in [2.24, 2.45) is 12.0 Å². The summed E-state index contributed by atoms with van der Waals surface area (Å²) in [5.74, 6) is -0.850. The van der Waals surface area contributed by atoms with Gasteiger partial charge in [0.05, 0.1) is 23.6 Å². The number of hydrogen-bond donors (Lipinski definition) is 1. The third-order valence-electron chi connectivity index (χ3n) is 6.22. The predicted octanol–water partition coefficient (Wildman–Crippen LogP) is 3.79. The first-order valence-corrected chi connectivity index (χ1v) is 14.5. The van der Waals surface area contributed by atoms with Crippen molar-refractivity contribution in [3.8, 4) is 0 Å². The number of thioether (sulfide) groups is 1. The molecule has 0 fully saturated rings. The summed E-state index contributed by atoms with van der Waals surface area (Å²) in [5.41, 5.74) is 3.39. The number of aryl methyl sites for hydroxylation is 3. The van der Waals surface area contributed by atoms with Gasteiger partial charge in [-0.2, -0.15) is 5.10 Å². The van der Waals surface area contributed by atoms with Gasteiger partial charge in [0.15, 0.2) is 5.17 Å². The molecule has 1 N–H and O–H groups in total. The van der Waals surface area contributed by atoms with Crippen LogP contribution in [-0.4, -0.2) is 70.3 Å². The summed E-state index contributed by atoms with van der Waals surface area (Å²) < 4.78 is 12.1. The normalized spacial score (nSPS) is 16.1. The van der Waals surface area contributed by atoms with Gasteiger partial charge in [0.25, 0.3) is 5.91 Å². The average molecular weight is 560 g/mol. The van der Waals surface area contributed by atoms with Crippen molar-refractivity contribution < 1.29 is 23.9 Å². The second-order valence-corrected chi connectivity index (χ2v) is 11.1. The van der Waals surface area contributed by atoms with Crippen LogP contribution < -0.4 is 5.32 Å². The molecular weight excluding hydrogens is 526 g/mol. The molecule has 3 heterocycles. The molecule has 0 aromatic carbocycles. The number of ether oxygens (including phenoxy) is 2. The van der Waals surface area contributed by atoms with E-state index in [0.717, 1.165) is 47.4 Å². The number of methoxy groups -OCH3 is 1. The van der Waals surface area contributed by atoms with Crippen molar-refractivity contribution in [1.29, 1.82) is 0 Å². The Morgan fingerprint density at radius 3 is 2.79 bits per heavy atom. The van der Waals surface area contributed by atoms with E-state index in [9.17, 15) is 14.4 Å². The number of anilines is 1. The molecule has 1 aliphatic carbocycles. The summed E-state index contributed by atoms with van der Waals surface area (Å²) in [4.78, 5) is 46.2. The van der Waals surface area contributed by atoms with Crippen molar-refractivity contribution in [1.82, 2.24) is 14.7 Å². The second kappa shape index (κ2) is 12.7. The second-order valence-electron chi connectivity index (χ2n) is 9.04. The summed E-state index contributed by atoms with van der Waals surface area (Å²) in [5, 5.41) is 8.25. The molecule has 204 valence electrons. The summed E-state index contributed by atoms with van der Waals surface area (Å²) in [6.45, 7) is 4.84. The number of nitrogens with one attached hydrogen (secondary N) is 1. The number of amides is 2. The van der Waals surface area contributed by atoms with Crippen LogP contribution in [0.2, 0.25) is 0 Å². The van der Waals surface area contributed by atoms with Gasteiger partial charge in [0.1, 0.15) is 10.7 Å². The smallest absolute Gasteiger partial charge is 0.341 e. The first-order valence-electron chi connectivity index (χ1n) is 12.7. The van der Waals surface area contributed by atoms with Gasteiger partial charge in [-0.3, -0.25) is 19.2 Å². The number of amidine groups is 1. The van der Waals surface area contributed by atoms with Gasteiger partial charge in [-0.1, -0.05) is 11.8 Å². The third kappa shape index (κ3) is 6.36. The van der Waals surface area contributed by atoms with Gasteiger partial charge in [-0.05, 0) is 57.6 Å². The van der Waals surface area contributed by atoms with E-state index in [1.165, 1.54) is 23.1 Å². The molecule has 0 saturated carbocycles. The van der Waals surface area contributed by atoms with E-state index in [2.05, 4.69) is 15.4 Å². The Morgan fingerprint density at radius 2 is 2.08 bits per heavy atom. The van der Waals surface area contributed by atoms with Gasteiger partial charge in [0, 0.05) is 43.9 Å². The summed E-state index contributed by atoms with van der Waals surface area (Å²) in [6.07, 6.45) is 7.99. The first-order chi connectivity index (χ1) is 18.3. The lowest BCUT2D eigenvalue weighted by Crippen LogP contribution is -2.32. The zero-order chi connectivity index (χ0) is 27.2. The fraction of sp³-hybridized carbons (Fsp3) is 0.500. The minimum atomic E-state index is -0.398. The van der Waals surface area contributed by atoms with Gasteiger partial charge in [-0.25, -0.2) is 9.79 Å². The van der Waals surface area contributed by atoms with Crippen molar-refractivity contribution >= 4 is 57.1 Å². The summed E-state index contributed by atoms with van der Waals surface area (Å²) in [6, 6.07) is 0. The molecule has 2 amide bonds. The average Bonchev–Trinajstić information content (AvgIpc) is 3.50. The number of esters is 1. The van der Waals surface area contributed by atoms with Gasteiger partial charge in [-0.15, -0.1) is 11.3 Å². The number of fused-ring (bicyclic) bond motifs is 1. The SMILES string of the molecule is CCOC(=O)c1c(NC(=O)CSC2=N/C(=C/c3cn(C)nc3C)C(=O)N2CCCOC)sc2c1CCCC2. The number of hydrogen-bond acceptors (Lipinski definition) is 9. The maximum Gasteiger partial charge on any atom is 0.341 e. The predicted molar refractivity (Wildman–Crippen MR) is 150 cm³/mol. The molecule has 1 aliphatic heterocycles. The highest BCUT2D eigenvalue weighted by atomic mass is 32.2. The Labute approximate surface area is 230 Å². The van der Waals surface area contributed by atoms with E-state index in [-0.39, 0.29) is 24.2 Å². The van der Waals surface area contributed by atoms with Crippen LogP contribution in [0, 0.1) is 6.92 Å². The highest BCUT2D eigenvalue weighted by Crippen LogP contribution is 2.38. The molecule has 2 aliphatic rings. The molecule has 0 saturated heterocycles. The van der Waals surface area contributed by atoms with Crippen molar-refractivity contribution in [2.45, 2.75) is 46.0 Å². The number of aromatic nitrogens is 2. The zero-order valence-corrected chi connectivity index (χ0v) is 23.8. The van der Waals surface area contributed by atoms with E-state index in [4.69, 9.17) is 9.47 Å². The summed E-state index contributed by atoms with van der Waals surface area (Å²) in [7, 11) is 3.44. The monoisotopic (exact) mass is 559 g/mol. The van der Waals surface area contributed by atoms with Gasteiger partial charge >= 0.3 is 5.97 Å². The number of carbonyl (C=O) groups excluding carboxylic acids is 3. The molecule has 0 atom stereocenters. The van der Waals surface area contributed by atoms with E-state index in [0.29, 0.717) is 41.0 Å². The molecule has 2 aromatic heterocycles. The Hall–Kier alpha value is -2.96. The van der Waals surface area contributed by atoms with E-state index >= 15 is 0 Å². The molecule has 4 rings (SSSR count). The Bertz CT molecular complexity index is 1280. The van der Waals surface area contributed by atoms with Gasteiger partial charge in [0.2, 0.25) is 5.91 Å². The van der Waals surface area contributed by atoms with Crippen LogP contribution in [-0.2, 0) is 39.0 Å². The molecule has 0 bridgehead atoms. The highest BCUT2D eigenvalue weighted by molar-refractivity contribution is 8.14. The van der Waals surface area contributed by atoms with Gasteiger partial charge < -0.3 is 14.8 Å². The highest BCUT2D eigenvalue weighted by Gasteiger charge is 2.32. The summed E-state index contributed by atoms with van der Waals surface area (Å²) >= 11 is 2.65. The van der Waals surface area contributed by atoms with Crippen LogP contribution in [0.3, 0.4) is 0 Å².